The number of allylic oxidation sites excluding steroid dienone is 1. The summed E-state index contributed by atoms with van der Waals surface area (Å²) in [4.78, 5) is 41.4. The Morgan fingerprint density at radius 1 is 1.17 bits per heavy atom. The summed E-state index contributed by atoms with van der Waals surface area (Å²) in [6.07, 6.45) is 1.53. The number of nitrogens with zero attached hydrogens (tertiary/aromatic N) is 1. The van der Waals surface area contributed by atoms with Gasteiger partial charge in [-0.25, -0.2) is 9.59 Å². The van der Waals surface area contributed by atoms with Crippen molar-refractivity contribution in [3.05, 3.63) is 65.2 Å². The van der Waals surface area contributed by atoms with E-state index in [1.807, 2.05) is 0 Å². The van der Waals surface area contributed by atoms with E-state index >= 15 is 0 Å². The highest BCUT2D eigenvalue weighted by Gasteiger charge is 2.63. The average Bonchev–Trinajstić information content (AvgIpc) is 2.91. The van der Waals surface area contributed by atoms with Crippen molar-refractivity contribution in [2.75, 3.05) is 19.8 Å². The highest BCUT2D eigenvalue weighted by Crippen LogP contribution is 2.54. The third-order valence-corrected chi connectivity index (χ3v) is 5.11. The van der Waals surface area contributed by atoms with Crippen LogP contribution in [-0.2, 0) is 29.3 Å². The van der Waals surface area contributed by atoms with E-state index in [1.54, 1.807) is 45.0 Å². The largest absolute Gasteiger partial charge is 0.463 e. The van der Waals surface area contributed by atoms with Crippen molar-refractivity contribution in [3.8, 4) is 5.75 Å². The van der Waals surface area contributed by atoms with Crippen molar-refractivity contribution in [1.29, 1.82) is 0 Å². The molecule has 1 aromatic carbocycles. The molecule has 0 radical (unpaired) electrons. The molecule has 2 aliphatic rings. The van der Waals surface area contributed by atoms with Gasteiger partial charge in [0.25, 0.3) is 0 Å². The molecule has 2 N–H and O–H groups in total. The fraction of sp³-hybridized carbons (Fsp3) is 0.318. The molecule has 0 bridgehead atoms. The Morgan fingerprint density at radius 2 is 1.77 bits per heavy atom. The third kappa shape index (κ3) is 2.87. The van der Waals surface area contributed by atoms with E-state index in [0.29, 0.717) is 11.3 Å². The van der Waals surface area contributed by atoms with E-state index in [0.717, 1.165) is 0 Å². The molecule has 1 spiro atoms. The van der Waals surface area contributed by atoms with Crippen molar-refractivity contribution in [3.63, 3.8) is 0 Å². The minimum Gasteiger partial charge on any atom is -0.463 e. The number of amides is 1. The molecule has 2 aliphatic heterocycles. The fourth-order valence-corrected chi connectivity index (χ4v) is 4.01. The monoisotopic (exact) mass is 412 g/mol. The highest BCUT2D eigenvalue weighted by atomic mass is 16.5. The van der Waals surface area contributed by atoms with Gasteiger partial charge in [-0.3, -0.25) is 4.79 Å². The zero-order valence-corrected chi connectivity index (χ0v) is 17.2. The van der Waals surface area contributed by atoms with E-state index in [9.17, 15) is 14.4 Å². The van der Waals surface area contributed by atoms with Gasteiger partial charge in [0.05, 0.1) is 18.8 Å². The van der Waals surface area contributed by atoms with Gasteiger partial charge in [0.2, 0.25) is 11.8 Å². The van der Waals surface area contributed by atoms with Gasteiger partial charge in [-0.15, -0.1) is 6.58 Å². The van der Waals surface area contributed by atoms with Gasteiger partial charge >= 0.3 is 11.9 Å². The Bertz CT molecular complexity index is 993. The van der Waals surface area contributed by atoms with Crippen LogP contribution in [0, 0.1) is 0 Å². The number of hydrogen-bond acceptors (Lipinski definition) is 7. The lowest BCUT2D eigenvalue weighted by atomic mass is 9.67. The van der Waals surface area contributed by atoms with Crippen LogP contribution in [0.2, 0.25) is 0 Å². The molecule has 2 heterocycles. The van der Waals surface area contributed by atoms with Crippen LogP contribution in [0.3, 0.4) is 0 Å². The van der Waals surface area contributed by atoms with E-state index in [-0.39, 0.29) is 42.5 Å². The van der Waals surface area contributed by atoms with E-state index < -0.39 is 23.3 Å². The second-order valence-electron chi connectivity index (χ2n) is 6.69. The molecule has 0 aliphatic carbocycles. The van der Waals surface area contributed by atoms with Crippen molar-refractivity contribution in [1.82, 2.24) is 4.90 Å². The Morgan fingerprint density at radius 3 is 2.37 bits per heavy atom. The van der Waals surface area contributed by atoms with Crippen molar-refractivity contribution >= 4 is 17.8 Å². The Hall–Kier alpha value is -3.55. The average molecular weight is 412 g/mol. The molecule has 3 rings (SSSR count). The van der Waals surface area contributed by atoms with Crippen LogP contribution in [-0.4, -0.2) is 42.5 Å². The van der Waals surface area contributed by atoms with E-state index in [4.69, 9.17) is 19.9 Å². The smallest absolute Gasteiger partial charge is 0.341 e. The van der Waals surface area contributed by atoms with Gasteiger partial charge in [-0.05, 0) is 26.8 Å². The predicted octanol–water partition coefficient (Wildman–Crippen LogP) is 1.92. The molecule has 0 unspecified atom stereocenters. The molecular weight excluding hydrogens is 388 g/mol. The maximum Gasteiger partial charge on any atom is 0.341 e. The van der Waals surface area contributed by atoms with Gasteiger partial charge in [-0.2, -0.15) is 0 Å². The van der Waals surface area contributed by atoms with Crippen molar-refractivity contribution in [2.24, 2.45) is 5.73 Å². The maximum atomic E-state index is 13.9. The minimum atomic E-state index is -1.84. The lowest BCUT2D eigenvalue weighted by Gasteiger charge is -2.36. The molecule has 8 nitrogen and oxygen atoms in total. The minimum absolute atomic E-state index is 0.0120. The highest BCUT2D eigenvalue weighted by molar-refractivity contribution is 6.17. The maximum absolute atomic E-state index is 13.9. The topological polar surface area (TPSA) is 108 Å². The molecule has 8 heteroatoms. The van der Waals surface area contributed by atoms with Crippen LogP contribution >= 0.6 is 0 Å². The SMILES string of the molecule is C=CCN1C(=O)[C@]2(C(C(=O)OCC)=C(N)Oc3ccccc32)C(C(=O)OCC)=C1C. The van der Waals surface area contributed by atoms with Crippen molar-refractivity contribution in [2.45, 2.75) is 26.2 Å². The number of rotatable bonds is 6. The quantitative estimate of drug-likeness (QED) is 0.562. The number of benzene rings is 1. The number of fused-ring (bicyclic) bond motifs is 2. The van der Waals surface area contributed by atoms with E-state index in [2.05, 4.69) is 6.58 Å². The van der Waals surface area contributed by atoms with Crippen LogP contribution < -0.4 is 10.5 Å². The molecule has 0 aromatic heterocycles. The summed E-state index contributed by atoms with van der Waals surface area (Å²) in [7, 11) is 0. The van der Waals surface area contributed by atoms with Crippen LogP contribution in [0.25, 0.3) is 0 Å². The molecule has 1 aromatic rings. The zero-order valence-electron chi connectivity index (χ0n) is 17.2. The van der Waals surface area contributed by atoms with Gasteiger partial charge in [0, 0.05) is 17.8 Å². The zero-order chi connectivity index (χ0) is 22.1. The number of nitrogens with two attached hydrogens (primary N) is 1. The Balaban J connectivity index is 2.43. The fourth-order valence-electron chi connectivity index (χ4n) is 4.01. The number of carbonyl (C=O) groups is 3. The first-order valence-electron chi connectivity index (χ1n) is 9.62. The summed E-state index contributed by atoms with van der Waals surface area (Å²) in [5.74, 6) is -2.11. The summed E-state index contributed by atoms with van der Waals surface area (Å²) in [5.41, 5.74) is 4.74. The molecule has 0 fully saturated rings. The molecular formula is C22H24N2O6. The normalized spacial score (nSPS) is 20.2. The number of hydrogen-bond donors (Lipinski definition) is 1. The first kappa shape index (κ1) is 21.2. The second kappa shape index (κ2) is 8.06. The number of carbonyl (C=O) groups excluding carboxylic acids is 3. The summed E-state index contributed by atoms with van der Waals surface area (Å²) < 4.78 is 16.1. The standard InChI is InChI=1S/C22H24N2O6/c1-5-12-24-13(4)16(19(25)28-6-2)22(21(24)27)14-10-8-9-11-15(14)30-18(23)17(22)20(26)29-7-3/h5,8-11H,1,6-7,12,23H2,2-4H3/t22-/m0/s1. The van der Waals surface area contributed by atoms with Gasteiger partial charge in [0.1, 0.15) is 16.7 Å². The molecule has 0 saturated carbocycles. The van der Waals surface area contributed by atoms with Crippen LogP contribution in [0.4, 0.5) is 0 Å². The predicted molar refractivity (Wildman–Crippen MR) is 108 cm³/mol. The summed E-state index contributed by atoms with van der Waals surface area (Å²) in [6.45, 7) is 8.88. The molecule has 1 atom stereocenters. The van der Waals surface area contributed by atoms with Gasteiger partial charge < -0.3 is 24.8 Å². The summed E-state index contributed by atoms with van der Waals surface area (Å²) >= 11 is 0. The summed E-state index contributed by atoms with van der Waals surface area (Å²) in [6, 6.07) is 6.64. The molecule has 30 heavy (non-hydrogen) atoms. The molecule has 1 amide bonds. The van der Waals surface area contributed by atoms with E-state index in [1.165, 1.54) is 11.0 Å². The second-order valence-corrected chi connectivity index (χ2v) is 6.69. The van der Waals surface area contributed by atoms with Crippen LogP contribution in [0.1, 0.15) is 26.3 Å². The van der Waals surface area contributed by atoms with Crippen molar-refractivity contribution < 1.29 is 28.6 Å². The lowest BCUT2D eigenvalue weighted by Crippen LogP contribution is -2.49. The van der Waals surface area contributed by atoms with Crippen LogP contribution in [0.15, 0.2) is 59.6 Å². The molecule has 158 valence electrons. The lowest BCUT2D eigenvalue weighted by molar-refractivity contribution is -0.144. The Kier molecular flexibility index (Phi) is 5.69. The number of para-hydroxylation sites is 1. The first-order valence-corrected chi connectivity index (χ1v) is 9.62. The number of esters is 2. The number of ether oxygens (including phenoxy) is 3. The first-order chi connectivity index (χ1) is 14.4. The summed E-state index contributed by atoms with van der Waals surface area (Å²) in [5, 5.41) is 0. The molecule has 0 saturated heterocycles. The third-order valence-electron chi connectivity index (χ3n) is 5.11. The van der Waals surface area contributed by atoms with Crippen LogP contribution in [0.5, 0.6) is 5.75 Å². The van der Waals surface area contributed by atoms with Gasteiger partial charge in [-0.1, -0.05) is 24.3 Å². The van der Waals surface area contributed by atoms with Gasteiger partial charge in [0.15, 0.2) is 0 Å². The Labute approximate surface area is 174 Å².